The third-order valence-corrected chi connectivity index (χ3v) is 9.83. The maximum Gasteiger partial charge on any atom is 0.264 e. The Bertz CT molecular complexity index is 1690. The van der Waals surface area contributed by atoms with Crippen molar-refractivity contribution < 1.29 is 18.0 Å². The normalized spacial score (nSPS) is 12.6. The van der Waals surface area contributed by atoms with Gasteiger partial charge in [0.2, 0.25) is 11.8 Å². The Balaban J connectivity index is 1.83. The lowest BCUT2D eigenvalue weighted by Gasteiger charge is -2.34. The number of amides is 2. The van der Waals surface area contributed by atoms with Crippen molar-refractivity contribution in [2.45, 2.75) is 64.1 Å². The smallest absolute Gasteiger partial charge is 0.264 e. The zero-order valence-corrected chi connectivity index (χ0v) is 27.7. The molecule has 45 heavy (non-hydrogen) atoms. The number of carbonyl (C=O) groups is 2. The number of anilines is 1. The number of aryl methyl sites for hydroxylation is 2. The SMILES string of the molecule is CC[C@@H](C)NC(=O)[C@H](Cc1ccccc1)N(Cc1ccccc1Cl)C(=O)CN(c1cc(C)cc(C)c1)S(=O)(=O)c1ccccc1. The van der Waals surface area contributed by atoms with Crippen LogP contribution in [0.5, 0.6) is 0 Å². The number of hydrogen-bond acceptors (Lipinski definition) is 4. The molecule has 0 aliphatic carbocycles. The van der Waals surface area contributed by atoms with Crippen LogP contribution in [0.25, 0.3) is 0 Å². The minimum atomic E-state index is -4.17. The molecule has 0 heterocycles. The lowest BCUT2D eigenvalue weighted by Crippen LogP contribution is -2.54. The van der Waals surface area contributed by atoms with Gasteiger partial charge in [0.05, 0.1) is 10.6 Å². The molecule has 0 radical (unpaired) electrons. The fourth-order valence-electron chi connectivity index (χ4n) is 5.15. The van der Waals surface area contributed by atoms with Crippen molar-refractivity contribution >= 4 is 39.1 Å². The van der Waals surface area contributed by atoms with E-state index < -0.39 is 28.5 Å². The summed E-state index contributed by atoms with van der Waals surface area (Å²) >= 11 is 6.57. The predicted molar refractivity (Wildman–Crippen MR) is 181 cm³/mol. The van der Waals surface area contributed by atoms with E-state index in [1.165, 1.54) is 17.0 Å². The van der Waals surface area contributed by atoms with Crippen molar-refractivity contribution in [3.63, 3.8) is 0 Å². The number of carbonyl (C=O) groups excluding carboxylic acids is 2. The second-order valence-electron chi connectivity index (χ2n) is 11.3. The first kappa shape index (κ1) is 33.7. The van der Waals surface area contributed by atoms with Gasteiger partial charge in [-0.05, 0) is 79.8 Å². The van der Waals surface area contributed by atoms with Crippen molar-refractivity contribution in [1.82, 2.24) is 10.2 Å². The Morgan fingerprint density at radius 3 is 2.02 bits per heavy atom. The molecule has 4 rings (SSSR count). The van der Waals surface area contributed by atoms with E-state index in [1.807, 2.05) is 70.2 Å². The Labute approximate surface area is 271 Å². The zero-order chi connectivity index (χ0) is 32.6. The van der Waals surface area contributed by atoms with Crippen molar-refractivity contribution in [2.24, 2.45) is 0 Å². The molecular weight excluding hydrogens is 606 g/mol. The third kappa shape index (κ3) is 8.74. The molecule has 0 aliphatic rings. The number of nitrogens with one attached hydrogen (secondary N) is 1. The van der Waals surface area contributed by atoms with Gasteiger partial charge in [0, 0.05) is 24.0 Å². The number of sulfonamides is 1. The van der Waals surface area contributed by atoms with Crippen LogP contribution in [0.3, 0.4) is 0 Å². The molecule has 0 bridgehead atoms. The maximum absolute atomic E-state index is 14.6. The van der Waals surface area contributed by atoms with Gasteiger partial charge in [-0.1, -0.05) is 91.3 Å². The fourth-order valence-corrected chi connectivity index (χ4v) is 6.76. The van der Waals surface area contributed by atoms with Crippen molar-refractivity contribution in [1.29, 1.82) is 0 Å². The average molecular weight is 646 g/mol. The van der Waals surface area contributed by atoms with E-state index in [-0.39, 0.29) is 29.8 Å². The largest absolute Gasteiger partial charge is 0.352 e. The highest BCUT2D eigenvalue weighted by molar-refractivity contribution is 7.92. The fraction of sp³-hybridized carbons (Fsp3) is 0.278. The Kier molecular flexibility index (Phi) is 11.4. The minimum Gasteiger partial charge on any atom is -0.352 e. The summed E-state index contributed by atoms with van der Waals surface area (Å²) in [5, 5.41) is 3.49. The van der Waals surface area contributed by atoms with Gasteiger partial charge in [0.15, 0.2) is 0 Å². The molecule has 2 atom stereocenters. The Morgan fingerprint density at radius 2 is 1.42 bits per heavy atom. The van der Waals surface area contributed by atoms with Crippen LogP contribution in [0.1, 0.15) is 42.5 Å². The Hall–Kier alpha value is -4.14. The number of benzene rings is 4. The van der Waals surface area contributed by atoms with Gasteiger partial charge in [0.1, 0.15) is 12.6 Å². The summed E-state index contributed by atoms with van der Waals surface area (Å²) in [7, 11) is -4.17. The van der Waals surface area contributed by atoms with E-state index in [9.17, 15) is 18.0 Å². The van der Waals surface area contributed by atoms with E-state index in [0.29, 0.717) is 22.7 Å². The molecule has 0 saturated carbocycles. The third-order valence-electron chi connectivity index (χ3n) is 7.68. The topological polar surface area (TPSA) is 86.8 Å². The zero-order valence-electron chi connectivity index (χ0n) is 26.1. The summed E-state index contributed by atoms with van der Waals surface area (Å²) in [6.07, 6.45) is 0.937. The molecule has 0 spiro atoms. The van der Waals surface area contributed by atoms with E-state index in [0.717, 1.165) is 21.0 Å². The van der Waals surface area contributed by atoms with Crippen LogP contribution < -0.4 is 9.62 Å². The van der Waals surface area contributed by atoms with E-state index in [2.05, 4.69) is 5.32 Å². The van der Waals surface area contributed by atoms with Gasteiger partial charge in [-0.25, -0.2) is 8.42 Å². The van der Waals surface area contributed by atoms with Crippen molar-refractivity contribution in [3.8, 4) is 0 Å². The van der Waals surface area contributed by atoms with Crippen LogP contribution in [0, 0.1) is 13.8 Å². The van der Waals surface area contributed by atoms with Crippen LogP contribution >= 0.6 is 11.6 Å². The molecule has 0 unspecified atom stereocenters. The van der Waals surface area contributed by atoms with Gasteiger partial charge < -0.3 is 10.2 Å². The summed E-state index contributed by atoms with van der Waals surface area (Å²) in [5.74, 6) is -0.855. The van der Waals surface area contributed by atoms with E-state index >= 15 is 0 Å². The molecule has 9 heteroatoms. The highest BCUT2D eigenvalue weighted by Gasteiger charge is 2.35. The van der Waals surface area contributed by atoms with E-state index in [4.69, 9.17) is 11.6 Å². The molecule has 1 N–H and O–H groups in total. The molecule has 7 nitrogen and oxygen atoms in total. The van der Waals surface area contributed by atoms with Crippen LogP contribution in [-0.2, 0) is 32.6 Å². The van der Waals surface area contributed by atoms with Crippen LogP contribution in [0.2, 0.25) is 5.02 Å². The minimum absolute atomic E-state index is 0.00992. The second kappa shape index (κ2) is 15.2. The maximum atomic E-state index is 14.6. The molecular formula is C36H40ClN3O4S. The summed E-state index contributed by atoms with van der Waals surface area (Å²) in [4.78, 5) is 30.0. The number of rotatable bonds is 13. The highest BCUT2D eigenvalue weighted by atomic mass is 35.5. The molecule has 4 aromatic rings. The van der Waals surface area contributed by atoms with Gasteiger partial charge in [0.25, 0.3) is 10.0 Å². The first-order valence-electron chi connectivity index (χ1n) is 15.0. The molecule has 236 valence electrons. The van der Waals surface area contributed by atoms with Crippen LogP contribution in [0.15, 0.2) is 108 Å². The monoisotopic (exact) mass is 645 g/mol. The summed E-state index contributed by atoms with van der Waals surface area (Å²) in [5.41, 5.74) is 3.58. The summed E-state index contributed by atoms with van der Waals surface area (Å²) < 4.78 is 29.5. The summed E-state index contributed by atoms with van der Waals surface area (Å²) in [6.45, 7) is 7.13. The average Bonchev–Trinajstić information content (AvgIpc) is 3.02. The number of hydrogen-bond donors (Lipinski definition) is 1. The molecule has 0 fully saturated rings. The molecule has 0 aromatic heterocycles. The second-order valence-corrected chi connectivity index (χ2v) is 13.6. The predicted octanol–water partition coefficient (Wildman–Crippen LogP) is 6.71. The quantitative estimate of drug-likeness (QED) is 0.175. The first-order valence-corrected chi connectivity index (χ1v) is 16.8. The van der Waals surface area contributed by atoms with Gasteiger partial charge >= 0.3 is 0 Å². The van der Waals surface area contributed by atoms with Crippen LogP contribution in [0.4, 0.5) is 5.69 Å². The van der Waals surface area contributed by atoms with Gasteiger partial charge in [-0.2, -0.15) is 0 Å². The molecule has 0 aliphatic heterocycles. The first-order chi connectivity index (χ1) is 21.5. The van der Waals surface area contributed by atoms with Gasteiger partial charge in [-0.3, -0.25) is 13.9 Å². The molecule has 2 amide bonds. The lowest BCUT2D eigenvalue weighted by molar-refractivity contribution is -0.140. The molecule has 0 saturated heterocycles. The standard InChI is InChI=1S/C36H40ClN3O4S/c1-5-28(4)38-36(42)34(23-29-14-8-6-9-15-29)39(24-30-16-12-13-19-33(30)37)35(41)25-40(31-21-26(2)20-27(3)22-31)45(43,44)32-17-10-7-11-18-32/h6-22,28,34H,5,23-25H2,1-4H3,(H,38,42)/t28-,34+/m1/s1. The van der Waals surface area contributed by atoms with E-state index in [1.54, 1.807) is 48.5 Å². The number of nitrogens with zero attached hydrogens (tertiary/aromatic N) is 2. The highest BCUT2D eigenvalue weighted by Crippen LogP contribution is 2.27. The van der Waals surface area contributed by atoms with Crippen LogP contribution in [-0.4, -0.2) is 43.8 Å². The summed E-state index contributed by atoms with van der Waals surface area (Å²) in [6, 6.07) is 29.0. The van der Waals surface area contributed by atoms with Crippen molar-refractivity contribution in [3.05, 3.63) is 130 Å². The van der Waals surface area contributed by atoms with Gasteiger partial charge in [-0.15, -0.1) is 0 Å². The van der Waals surface area contributed by atoms with Crippen molar-refractivity contribution in [2.75, 3.05) is 10.8 Å². The number of halogens is 1. The lowest BCUT2D eigenvalue weighted by atomic mass is 10.0. The molecule has 4 aromatic carbocycles. The Morgan fingerprint density at radius 1 is 0.844 bits per heavy atom.